The number of anilines is 1. The second-order valence-electron chi connectivity index (χ2n) is 10.2. The summed E-state index contributed by atoms with van der Waals surface area (Å²) in [7, 11) is 0. The molecule has 0 spiro atoms. The molecular weight excluding hydrogens is 600 g/mol. The Hall–Kier alpha value is -5.66. The first-order chi connectivity index (χ1) is 22.4. The topological polar surface area (TPSA) is 127 Å². The minimum Gasteiger partial charge on any atom is -0.490 e. The Labute approximate surface area is 271 Å². The second-order valence-corrected chi connectivity index (χ2v) is 11.1. The molecule has 1 N–H and O–H groups in total. The van der Waals surface area contributed by atoms with Crippen molar-refractivity contribution in [1.29, 1.82) is 5.26 Å². The first-order valence-electron chi connectivity index (χ1n) is 14.5. The Kier molecular flexibility index (Phi) is 10.3. The van der Waals surface area contributed by atoms with Gasteiger partial charge < -0.3 is 14.8 Å². The highest BCUT2D eigenvalue weighted by molar-refractivity contribution is 8.00. The van der Waals surface area contributed by atoms with Gasteiger partial charge in [0.25, 0.3) is 5.69 Å². The number of carbonyl (C=O) groups is 1. The van der Waals surface area contributed by atoms with E-state index in [4.69, 9.17) is 14.5 Å². The van der Waals surface area contributed by atoms with Crippen LogP contribution in [0.4, 0.5) is 11.4 Å². The number of nitriles is 1. The summed E-state index contributed by atoms with van der Waals surface area (Å²) in [5.41, 5.74) is 5.09. The molecule has 5 rings (SSSR count). The highest BCUT2D eigenvalue weighted by atomic mass is 32.2. The summed E-state index contributed by atoms with van der Waals surface area (Å²) in [5, 5.41) is 24.7. The largest absolute Gasteiger partial charge is 0.490 e. The molecule has 0 unspecified atom stereocenters. The molecule has 1 aromatic heterocycles. The van der Waals surface area contributed by atoms with E-state index in [1.807, 2.05) is 91.9 Å². The van der Waals surface area contributed by atoms with E-state index >= 15 is 0 Å². The summed E-state index contributed by atoms with van der Waals surface area (Å²) in [6.07, 6.45) is 0. The first-order valence-corrected chi connectivity index (χ1v) is 15.5. The number of ether oxygens (including phenoxy) is 2. The molecule has 0 atom stereocenters. The Morgan fingerprint density at radius 2 is 1.67 bits per heavy atom. The maximum Gasteiger partial charge on any atom is 0.271 e. The van der Waals surface area contributed by atoms with Gasteiger partial charge in [0.15, 0.2) is 11.5 Å². The van der Waals surface area contributed by atoms with Gasteiger partial charge in [-0.15, -0.1) is 0 Å². The lowest BCUT2D eigenvalue weighted by Crippen LogP contribution is -2.15. The summed E-state index contributed by atoms with van der Waals surface area (Å²) in [6.45, 7) is 4.44. The molecule has 0 saturated heterocycles. The van der Waals surface area contributed by atoms with Crippen molar-refractivity contribution in [2.24, 2.45) is 0 Å². The smallest absolute Gasteiger partial charge is 0.271 e. The number of carbonyl (C=O) groups excluding carboxylic acids is 1. The fraction of sp³-hybridized carbons (Fsp3) is 0.139. The third-order valence-electron chi connectivity index (χ3n) is 7.01. The van der Waals surface area contributed by atoms with Crippen molar-refractivity contribution < 1.29 is 19.2 Å². The van der Waals surface area contributed by atoms with E-state index in [-0.39, 0.29) is 17.3 Å². The predicted octanol–water partition coefficient (Wildman–Crippen LogP) is 8.21. The summed E-state index contributed by atoms with van der Waals surface area (Å²) in [4.78, 5) is 28.5. The van der Waals surface area contributed by atoms with Crippen LogP contribution in [0, 0.1) is 28.4 Å². The molecular formula is C36H30N4O5S. The van der Waals surface area contributed by atoms with Crippen LogP contribution in [0.5, 0.6) is 11.5 Å². The number of rotatable bonds is 12. The van der Waals surface area contributed by atoms with Crippen molar-refractivity contribution in [3.8, 4) is 40.0 Å². The van der Waals surface area contributed by atoms with Crippen molar-refractivity contribution >= 4 is 29.0 Å². The van der Waals surface area contributed by atoms with Gasteiger partial charge in [0.2, 0.25) is 5.91 Å². The number of nitrogens with zero attached hydrogens (tertiary/aromatic N) is 3. The molecule has 0 aliphatic carbocycles. The average Bonchev–Trinajstić information content (AvgIpc) is 3.08. The molecule has 0 aliphatic rings. The number of thioether (sulfide) groups is 1. The number of pyridine rings is 1. The van der Waals surface area contributed by atoms with Crippen molar-refractivity contribution in [3.63, 3.8) is 0 Å². The quantitative estimate of drug-likeness (QED) is 0.0830. The monoisotopic (exact) mass is 630 g/mol. The van der Waals surface area contributed by atoms with Gasteiger partial charge in [-0.3, -0.25) is 14.9 Å². The maximum absolute atomic E-state index is 13.0. The van der Waals surface area contributed by atoms with Crippen molar-refractivity contribution in [2.45, 2.75) is 25.5 Å². The number of nitro groups is 1. The number of aromatic nitrogens is 1. The molecule has 5 aromatic rings. The van der Waals surface area contributed by atoms with Gasteiger partial charge in [-0.05, 0) is 48.7 Å². The van der Waals surface area contributed by atoms with E-state index in [1.165, 1.54) is 12.1 Å². The van der Waals surface area contributed by atoms with Crippen LogP contribution in [0.3, 0.4) is 0 Å². The van der Waals surface area contributed by atoms with Crippen LogP contribution in [0.1, 0.15) is 23.6 Å². The fourth-order valence-electron chi connectivity index (χ4n) is 4.70. The number of nitrogens with one attached hydrogen (secondary N) is 1. The van der Waals surface area contributed by atoms with E-state index in [9.17, 15) is 20.2 Å². The minimum absolute atomic E-state index is 0.0715. The Morgan fingerprint density at radius 3 is 2.37 bits per heavy atom. The molecule has 0 saturated carbocycles. The van der Waals surface area contributed by atoms with Crippen LogP contribution in [0.25, 0.3) is 22.4 Å². The number of benzene rings is 4. The summed E-state index contributed by atoms with van der Waals surface area (Å²) in [6, 6.07) is 33.4. The summed E-state index contributed by atoms with van der Waals surface area (Å²) >= 11 is 1.12. The van der Waals surface area contributed by atoms with E-state index in [0.717, 1.165) is 28.5 Å². The second kappa shape index (κ2) is 14.9. The fourth-order valence-corrected chi connectivity index (χ4v) is 5.50. The van der Waals surface area contributed by atoms with Gasteiger partial charge in [-0.1, -0.05) is 84.6 Å². The van der Waals surface area contributed by atoms with Gasteiger partial charge in [0.05, 0.1) is 34.2 Å². The van der Waals surface area contributed by atoms with Gasteiger partial charge >= 0.3 is 0 Å². The Balaban J connectivity index is 1.48. The number of hydrogen-bond acceptors (Lipinski definition) is 8. The highest BCUT2D eigenvalue weighted by Gasteiger charge is 2.19. The summed E-state index contributed by atoms with van der Waals surface area (Å²) in [5.74, 6) is 0.661. The Bertz CT molecular complexity index is 1910. The van der Waals surface area contributed by atoms with Crippen LogP contribution in [-0.4, -0.2) is 28.2 Å². The molecule has 1 heterocycles. The minimum atomic E-state index is -0.511. The standard InChI is InChI=1S/C36H30N4O5S/c1-3-44-34-18-27(15-17-33(34)45-22-25-10-6-4-7-11-25)29-20-32(26-12-8-5-9-13-26)39-36(30(29)21-37)46-23-35(41)38-31-19-28(40(42)43)16-14-24(31)2/h4-20H,3,22-23H2,1-2H3,(H,38,41). The SMILES string of the molecule is CCOc1cc(-c2cc(-c3ccccc3)nc(SCC(=O)Nc3cc([N+](=O)[O-])ccc3C)c2C#N)ccc1OCc1ccccc1. The number of non-ortho nitro benzene ring substituents is 1. The van der Waals surface area contributed by atoms with Gasteiger partial charge in [0.1, 0.15) is 17.7 Å². The van der Waals surface area contributed by atoms with Crippen molar-refractivity contribution in [2.75, 3.05) is 17.7 Å². The van der Waals surface area contributed by atoms with Crippen LogP contribution in [0.15, 0.2) is 108 Å². The van der Waals surface area contributed by atoms with Crippen LogP contribution >= 0.6 is 11.8 Å². The van der Waals surface area contributed by atoms with E-state index in [0.29, 0.717) is 57.8 Å². The zero-order valence-electron chi connectivity index (χ0n) is 25.2. The normalized spacial score (nSPS) is 10.5. The van der Waals surface area contributed by atoms with Crippen LogP contribution in [-0.2, 0) is 11.4 Å². The number of aryl methyl sites for hydroxylation is 1. The maximum atomic E-state index is 13.0. The molecule has 0 aliphatic heterocycles. The molecule has 4 aromatic carbocycles. The average molecular weight is 631 g/mol. The number of amides is 1. The van der Waals surface area contributed by atoms with Crippen molar-refractivity contribution in [3.05, 3.63) is 130 Å². The molecule has 9 nitrogen and oxygen atoms in total. The molecule has 0 radical (unpaired) electrons. The highest BCUT2D eigenvalue weighted by Crippen LogP contribution is 2.38. The van der Waals surface area contributed by atoms with Gasteiger partial charge in [-0.2, -0.15) is 5.26 Å². The first kappa shape index (κ1) is 31.8. The molecule has 0 bridgehead atoms. The van der Waals surface area contributed by atoms with Crippen molar-refractivity contribution in [1.82, 2.24) is 4.98 Å². The predicted molar refractivity (Wildman–Crippen MR) is 179 cm³/mol. The summed E-state index contributed by atoms with van der Waals surface area (Å²) < 4.78 is 12.0. The molecule has 1 amide bonds. The van der Waals surface area contributed by atoms with Gasteiger partial charge in [-0.25, -0.2) is 4.98 Å². The van der Waals surface area contributed by atoms with Crippen LogP contribution < -0.4 is 14.8 Å². The van der Waals surface area contributed by atoms with E-state index in [1.54, 1.807) is 13.0 Å². The van der Waals surface area contributed by atoms with E-state index in [2.05, 4.69) is 11.4 Å². The molecule has 10 heteroatoms. The molecule has 0 fully saturated rings. The number of hydrogen-bond donors (Lipinski definition) is 1. The zero-order valence-corrected chi connectivity index (χ0v) is 26.0. The Morgan fingerprint density at radius 1 is 0.935 bits per heavy atom. The lowest BCUT2D eigenvalue weighted by Gasteiger charge is -2.16. The molecule has 46 heavy (non-hydrogen) atoms. The van der Waals surface area contributed by atoms with Gasteiger partial charge in [0, 0.05) is 23.3 Å². The molecule has 230 valence electrons. The number of nitro benzene ring substituents is 1. The van der Waals surface area contributed by atoms with E-state index < -0.39 is 4.92 Å². The lowest BCUT2D eigenvalue weighted by atomic mass is 9.99. The lowest BCUT2D eigenvalue weighted by molar-refractivity contribution is -0.384. The van der Waals surface area contributed by atoms with Crippen LogP contribution in [0.2, 0.25) is 0 Å². The third-order valence-corrected chi connectivity index (χ3v) is 7.98. The zero-order chi connectivity index (χ0) is 32.5. The third kappa shape index (κ3) is 7.70.